The van der Waals surface area contributed by atoms with Gasteiger partial charge < -0.3 is 5.32 Å². The van der Waals surface area contributed by atoms with Crippen molar-refractivity contribution >= 4 is 11.9 Å². The molecule has 1 fully saturated rings. The first kappa shape index (κ1) is 18.1. The SMILES string of the molecule is O=C(C[n+]1ccc(Cc2ccccc2)cc1)NC(=O)NC1CCCCC1. The third-order valence-electron chi connectivity index (χ3n) is 4.73. The van der Waals surface area contributed by atoms with Gasteiger partial charge in [0.15, 0.2) is 12.4 Å². The topological polar surface area (TPSA) is 62.1 Å². The smallest absolute Gasteiger partial charge is 0.321 e. The zero-order chi connectivity index (χ0) is 18.2. The van der Waals surface area contributed by atoms with Crippen molar-refractivity contribution in [3.63, 3.8) is 0 Å². The summed E-state index contributed by atoms with van der Waals surface area (Å²) in [5.74, 6) is -0.306. The maximum Gasteiger partial charge on any atom is 0.321 e. The number of benzene rings is 1. The Morgan fingerprint density at radius 2 is 1.58 bits per heavy atom. The monoisotopic (exact) mass is 352 g/mol. The van der Waals surface area contributed by atoms with Crippen LogP contribution in [0.1, 0.15) is 43.2 Å². The Bertz CT molecular complexity index is 723. The summed E-state index contributed by atoms with van der Waals surface area (Å²) in [7, 11) is 0. The number of pyridine rings is 1. The Kier molecular flexibility index (Phi) is 6.36. The van der Waals surface area contributed by atoms with Gasteiger partial charge in [0.2, 0.25) is 6.54 Å². The lowest BCUT2D eigenvalue weighted by molar-refractivity contribution is -0.684. The summed E-state index contributed by atoms with van der Waals surface area (Å²) < 4.78 is 1.78. The molecule has 136 valence electrons. The highest BCUT2D eigenvalue weighted by Crippen LogP contribution is 2.17. The minimum absolute atomic E-state index is 0.129. The Morgan fingerprint density at radius 3 is 2.27 bits per heavy atom. The maximum atomic E-state index is 12.0. The van der Waals surface area contributed by atoms with E-state index in [-0.39, 0.29) is 24.5 Å². The van der Waals surface area contributed by atoms with E-state index in [2.05, 4.69) is 22.8 Å². The van der Waals surface area contributed by atoms with Gasteiger partial charge in [0.1, 0.15) is 0 Å². The first-order valence-electron chi connectivity index (χ1n) is 9.31. The lowest BCUT2D eigenvalue weighted by Gasteiger charge is -2.22. The fourth-order valence-electron chi connectivity index (χ4n) is 3.34. The minimum atomic E-state index is -0.386. The zero-order valence-corrected chi connectivity index (χ0v) is 15.0. The van der Waals surface area contributed by atoms with E-state index in [4.69, 9.17) is 0 Å². The molecule has 0 saturated heterocycles. The highest BCUT2D eigenvalue weighted by atomic mass is 16.2. The van der Waals surface area contributed by atoms with Crippen LogP contribution in [0.25, 0.3) is 0 Å². The predicted octanol–water partition coefficient (Wildman–Crippen LogP) is 2.72. The number of urea groups is 1. The molecule has 1 heterocycles. The molecule has 2 N–H and O–H groups in total. The number of rotatable bonds is 5. The molecule has 1 aliphatic carbocycles. The van der Waals surface area contributed by atoms with Crippen LogP contribution in [0.4, 0.5) is 4.79 Å². The van der Waals surface area contributed by atoms with E-state index in [0.29, 0.717) is 0 Å². The van der Waals surface area contributed by atoms with Gasteiger partial charge >= 0.3 is 6.03 Å². The van der Waals surface area contributed by atoms with Gasteiger partial charge in [-0.2, -0.15) is 4.57 Å². The van der Waals surface area contributed by atoms with Gasteiger partial charge in [0.25, 0.3) is 5.91 Å². The lowest BCUT2D eigenvalue weighted by Crippen LogP contribution is -2.49. The van der Waals surface area contributed by atoms with Crippen LogP contribution in [0.2, 0.25) is 0 Å². The predicted molar refractivity (Wildman–Crippen MR) is 99.4 cm³/mol. The molecule has 0 bridgehead atoms. The van der Waals surface area contributed by atoms with E-state index in [9.17, 15) is 9.59 Å². The molecule has 2 aromatic rings. The average Bonchev–Trinajstić information content (AvgIpc) is 2.65. The van der Waals surface area contributed by atoms with Gasteiger partial charge in [0, 0.05) is 18.2 Å². The molecule has 1 saturated carbocycles. The minimum Gasteiger partial charge on any atom is -0.335 e. The van der Waals surface area contributed by atoms with Crippen molar-refractivity contribution in [3.05, 3.63) is 66.0 Å². The molecule has 0 spiro atoms. The van der Waals surface area contributed by atoms with E-state index in [1.807, 2.05) is 42.7 Å². The number of hydrogen-bond acceptors (Lipinski definition) is 2. The summed E-state index contributed by atoms with van der Waals surface area (Å²) in [5, 5.41) is 5.31. The van der Waals surface area contributed by atoms with E-state index in [0.717, 1.165) is 32.1 Å². The largest absolute Gasteiger partial charge is 0.335 e. The van der Waals surface area contributed by atoms with Crippen LogP contribution in [-0.4, -0.2) is 18.0 Å². The zero-order valence-electron chi connectivity index (χ0n) is 15.0. The van der Waals surface area contributed by atoms with Gasteiger partial charge in [-0.15, -0.1) is 0 Å². The van der Waals surface area contributed by atoms with Crippen LogP contribution in [0.5, 0.6) is 0 Å². The molecule has 1 aromatic heterocycles. The number of aromatic nitrogens is 1. The fourth-order valence-corrected chi connectivity index (χ4v) is 3.34. The molecule has 3 rings (SSSR count). The van der Waals surface area contributed by atoms with Gasteiger partial charge in [-0.25, -0.2) is 4.79 Å². The van der Waals surface area contributed by atoms with Crippen LogP contribution in [0, 0.1) is 0 Å². The first-order chi connectivity index (χ1) is 12.7. The van der Waals surface area contributed by atoms with Crippen molar-refractivity contribution in [2.75, 3.05) is 0 Å². The molecule has 0 unspecified atom stereocenters. The molecule has 1 aliphatic rings. The van der Waals surface area contributed by atoms with E-state index in [1.54, 1.807) is 4.57 Å². The highest BCUT2D eigenvalue weighted by molar-refractivity contribution is 5.93. The highest BCUT2D eigenvalue weighted by Gasteiger charge is 2.18. The number of hydrogen-bond donors (Lipinski definition) is 2. The molecule has 26 heavy (non-hydrogen) atoms. The molecule has 0 radical (unpaired) electrons. The Hall–Kier alpha value is -2.69. The second kappa shape index (κ2) is 9.13. The third kappa shape index (κ3) is 5.69. The van der Waals surface area contributed by atoms with Gasteiger partial charge in [0.05, 0.1) is 0 Å². The molecule has 5 heteroatoms. The number of carbonyl (C=O) groups excluding carboxylic acids is 2. The van der Waals surface area contributed by atoms with Crippen LogP contribution < -0.4 is 15.2 Å². The third-order valence-corrected chi connectivity index (χ3v) is 4.73. The van der Waals surface area contributed by atoms with Crippen molar-refractivity contribution in [1.29, 1.82) is 0 Å². The maximum absolute atomic E-state index is 12.0. The van der Waals surface area contributed by atoms with Crippen LogP contribution in [0.3, 0.4) is 0 Å². The van der Waals surface area contributed by atoms with Gasteiger partial charge in [-0.3, -0.25) is 10.1 Å². The molecule has 0 aliphatic heterocycles. The van der Waals surface area contributed by atoms with Crippen molar-refractivity contribution in [1.82, 2.24) is 10.6 Å². The van der Waals surface area contributed by atoms with Gasteiger partial charge in [-0.1, -0.05) is 49.6 Å². The van der Waals surface area contributed by atoms with Crippen molar-refractivity contribution in [3.8, 4) is 0 Å². The first-order valence-corrected chi connectivity index (χ1v) is 9.31. The number of amides is 3. The Morgan fingerprint density at radius 1 is 0.923 bits per heavy atom. The summed E-state index contributed by atoms with van der Waals surface area (Å²) in [6, 6.07) is 14.1. The van der Waals surface area contributed by atoms with Crippen molar-refractivity contribution in [2.45, 2.75) is 51.1 Å². The van der Waals surface area contributed by atoms with E-state index >= 15 is 0 Å². The summed E-state index contributed by atoms with van der Waals surface area (Å²) in [4.78, 5) is 24.0. The molecule has 0 atom stereocenters. The van der Waals surface area contributed by atoms with Gasteiger partial charge in [-0.05, 0) is 30.4 Å². The van der Waals surface area contributed by atoms with Crippen LogP contribution >= 0.6 is 0 Å². The quantitative estimate of drug-likeness (QED) is 0.813. The van der Waals surface area contributed by atoms with E-state index in [1.165, 1.54) is 17.5 Å². The number of carbonyl (C=O) groups is 2. The lowest BCUT2D eigenvalue weighted by atomic mass is 9.96. The molecular weight excluding hydrogens is 326 g/mol. The van der Waals surface area contributed by atoms with E-state index < -0.39 is 0 Å². The number of nitrogens with one attached hydrogen (secondary N) is 2. The summed E-state index contributed by atoms with van der Waals surface area (Å²) in [6.45, 7) is 0.129. The Balaban J connectivity index is 1.45. The normalized spacial score (nSPS) is 14.6. The molecule has 1 aromatic carbocycles. The summed E-state index contributed by atoms with van der Waals surface area (Å²) in [6.07, 6.45) is 10.1. The van der Waals surface area contributed by atoms with Crippen molar-refractivity contribution < 1.29 is 14.2 Å². The summed E-state index contributed by atoms with van der Waals surface area (Å²) in [5.41, 5.74) is 2.44. The van der Waals surface area contributed by atoms with Crippen LogP contribution in [0.15, 0.2) is 54.9 Å². The summed E-state index contributed by atoms with van der Waals surface area (Å²) >= 11 is 0. The fraction of sp³-hybridized carbons (Fsp3) is 0.381. The average molecular weight is 352 g/mol. The number of imide groups is 1. The number of nitrogens with zero attached hydrogens (tertiary/aromatic N) is 1. The Labute approximate surface area is 154 Å². The molecular formula is C21H26N3O2+. The second-order valence-corrected chi connectivity index (χ2v) is 6.90. The second-order valence-electron chi connectivity index (χ2n) is 6.90. The molecule has 3 amide bonds. The molecule has 5 nitrogen and oxygen atoms in total. The van der Waals surface area contributed by atoms with Crippen LogP contribution in [-0.2, 0) is 17.8 Å². The van der Waals surface area contributed by atoms with Crippen molar-refractivity contribution in [2.24, 2.45) is 0 Å². The standard InChI is InChI=1S/C21H25N3O2/c25-20(23-21(26)22-19-9-5-2-6-10-19)16-24-13-11-18(12-14-24)15-17-7-3-1-4-8-17/h1,3-4,7-8,11-14,19H,2,5-6,9-10,15-16H2,(H-,22,23,25,26)/p+1.